The van der Waals surface area contributed by atoms with Gasteiger partial charge in [-0.05, 0) is 23.4 Å². The van der Waals surface area contributed by atoms with Crippen LogP contribution in [0.15, 0.2) is 30.3 Å². The first-order valence-electron chi connectivity index (χ1n) is 3.46. The third-order valence-corrected chi connectivity index (χ3v) is 1.67. The van der Waals surface area contributed by atoms with Gasteiger partial charge in [0.1, 0.15) is 0 Å². The fourth-order valence-electron chi connectivity index (χ4n) is 0.714. The molecule has 0 bridgehead atoms. The second-order valence-electron chi connectivity index (χ2n) is 2.22. The van der Waals surface area contributed by atoms with Gasteiger partial charge in [0.05, 0.1) is 0 Å². The van der Waals surface area contributed by atoms with Crippen LogP contribution in [0.3, 0.4) is 0 Å². The maximum Gasteiger partial charge on any atom is 0.446 e. The van der Waals surface area contributed by atoms with Gasteiger partial charge in [-0.1, -0.05) is 30.3 Å². The second kappa shape index (κ2) is 4.37. The lowest BCUT2D eigenvalue weighted by atomic mass is 10.2. The van der Waals surface area contributed by atoms with Crippen LogP contribution in [0.25, 0.3) is 6.08 Å². The smallest absolute Gasteiger partial charge is 0.160 e. The number of thioether (sulfide) groups is 1. The molecule has 1 aromatic rings. The van der Waals surface area contributed by atoms with Gasteiger partial charge in [-0.3, -0.25) is 0 Å². The highest BCUT2D eigenvalue weighted by Gasteiger charge is 2.26. The van der Waals surface area contributed by atoms with E-state index in [1.807, 2.05) is 0 Å². The van der Waals surface area contributed by atoms with Gasteiger partial charge in [0.25, 0.3) is 0 Å². The zero-order valence-corrected chi connectivity index (χ0v) is 7.32. The summed E-state index contributed by atoms with van der Waals surface area (Å²) in [6, 6.07) is 8.74. The van der Waals surface area contributed by atoms with Crippen LogP contribution in [0.5, 0.6) is 0 Å². The molecule has 0 nitrogen and oxygen atoms in total. The van der Waals surface area contributed by atoms with Crippen molar-refractivity contribution in [1.29, 1.82) is 0 Å². The van der Waals surface area contributed by atoms with Gasteiger partial charge in [0.2, 0.25) is 0 Å². The van der Waals surface area contributed by atoms with E-state index in [1.165, 1.54) is 6.08 Å². The molecule has 0 aliphatic rings. The van der Waals surface area contributed by atoms with Crippen molar-refractivity contribution in [3.05, 3.63) is 41.3 Å². The molecule has 0 N–H and O–H groups in total. The van der Waals surface area contributed by atoms with E-state index in [0.717, 1.165) is 0 Å². The van der Waals surface area contributed by atoms with Gasteiger partial charge in [0.15, 0.2) is 0 Å². The van der Waals surface area contributed by atoms with Crippen LogP contribution in [-0.2, 0) is 0 Å². The third-order valence-electron chi connectivity index (χ3n) is 1.20. The molecule has 1 radical (unpaired) electrons. The number of benzene rings is 1. The summed E-state index contributed by atoms with van der Waals surface area (Å²) in [7, 11) is 0. The molecular formula is C9H6F3S. The summed E-state index contributed by atoms with van der Waals surface area (Å²) in [6.45, 7) is 0. The number of rotatable bonds is 2. The van der Waals surface area contributed by atoms with E-state index in [1.54, 1.807) is 30.3 Å². The van der Waals surface area contributed by atoms with Gasteiger partial charge < -0.3 is 0 Å². The van der Waals surface area contributed by atoms with Gasteiger partial charge in [-0.2, -0.15) is 13.2 Å². The fraction of sp³-hybridized carbons (Fsp3) is 0.111. The average molecular weight is 203 g/mol. The van der Waals surface area contributed by atoms with E-state index in [9.17, 15) is 13.2 Å². The van der Waals surface area contributed by atoms with Gasteiger partial charge >= 0.3 is 5.51 Å². The first-order chi connectivity index (χ1) is 6.08. The molecule has 0 aliphatic heterocycles. The number of hydrogen-bond donors (Lipinski definition) is 0. The molecule has 69 valence electrons. The van der Waals surface area contributed by atoms with Crippen LogP contribution in [0.4, 0.5) is 13.2 Å². The van der Waals surface area contributed by atoms with Crippen LogP contribution in [0.2, 0.25) is 0 Å². The van der Waals surface area contributed by atoms with Crippen molar-refractivity contribution in [3.63, 3.8) is 0 Å². The maximum atomic E-state index is 11.6. The predicted molar refractivity (Wildman–Crippen MR) is 47.8 cm³/mol. The first kappa shape index (κ1) is 10.2. The zero-order valence-electron chi connectivity index (χ0n) is 6.51. The molecule has 0 saturated heterocycles. The molecule has 0 spiro atoms. The molecule has 0 aliphatic carbocycles. The normalized spacial score (nSPS) is 12.2. The lowest BCUT2D eigenvalue weighted by molar-refractivity contribution is -0.0321. The molecule has 0 unspecified atom stereocenters. The highest BCUT2D eigenvalue weighted by molar-refractivity contribution is 8.01. The summed E-state index contributed by atoms with van der Waals surface area (Å²) in [5.41, 5.74) is -3.54. The van der Waals surface area contributed by atoms with Crippen LogP contribution in [-0.4, -0.2) is 5.51 Å². The summed E-state index contributed by atoms with van der Waals surface area (Å²) in [4.78, 5) is 0. The third kappa shape index (κ3) is 4.62. The molecular weight excluding hydrogens is 197 g/mol. The number of alkyl halides is 3. The molecule has 0 aromatic heterocycles. The van der Waals surface area contributed by atoms with Crippen molar-refractivity contribution >= 4 is 17.8 Å². The van der Waals surface area contributed by atoms with Gasteiger partial charge in [-0.25, -0.2) is 0 Å². The predicted octanol–water partition coefficient (Wildman–Crippen LogP) is 3.71. The fourth-order valence-corrected chi connectivity index (χ4v) is 1.04. The van der Waals surface area contributed by atoms with Crippen LogP contribution in [0, 0.1) is 5.41 Å². The lowest BCUT2D eigenvalue weighted by Crippen LogP contribution is -1.96. The van der Waals surface area contributed by atoms with Crippen molar-refractivity contribution in [3.8, 4) is 0 Å². The molecule has 0 saturated carbocycles. The Morgan fingerprint density at radius 3 is 2.31 bits per heavy atom. The Labute approximate surface area is 78.5 Å². The Morgan fingerprint density at radius 2 is 1.77 bits per heavy atom. The van der Waals surface area contributed by atoms with E-state index in [0.29, 0.717) is 5.56 Å². The summed E-state index contributed by atoms with van der Waals surface area (Å²) in [5, 5.41) is 2.11. The first-order valence-corrected chi connectivity index (χ1v) is 4.28. The van der Waals surface area contributed by atoms with Crippen LogP contribution < -0.4 is 0 Å². The van der Waals surface area contributed by atoms with Crippen LogP contribution in [0.1, 0.15) is 5.56 Å². The van der Waals surface area contributed by atoms with Crippen LogP contribution >= 0.6 is 11.8 Å². The molecule has 1 rings (SSSR count). The summed E-state index contributed by atoms with van der Waals surface area (Å²) >= 11 is -0.277. The minimum atomic E-state index is -4.24. The van der Waals surface area contributed by atoms with E-state index < -0.39 is 5.51 Å². The Morgan fingerprint density at radius 1 is 1.15 bits per heavy atom. The van der Waals surface area contributed by atoms with Crippen molar-refractivity contribution in [2.24, 2.45) is 0 Å². The number of halogens is 3. The molecule has 13 heavy (non-hydrogen) atoms. The van der Waals surface area contributed by atoms with Crippen molar-refractivity contribution in [2.75, 3.05) is 0 Å². The summed E-state index contributed by atoms with van der Waals surface area (Å²) in [5.74, 6) is 0. The molecule has 0 amide bonds. The second-order valence-corrected chi connectivity index (χ2v) is 3.12. The Hall–Kier alpha value is -0.900. The average Bonchev–Trinajstić information content (AvgIpc) is 2.04. The molecule has 0 fully saturated rings. The SMILES string of the molecule is FC(F)(F)S/[C]=C/c1ccccc1. The minimum absolute atomic E-state index is 0.277. The molecule has 0 heterocycles. The standard InChI is InChI=1S/C9H6F3S/c10-9(11,12)13-7-6-8-4-2-1-3-5-8/h1-6H. The highest BCUT2D eigenvalue weighted by atomic mass is 32.2. The summed E-state index contributed by atoms with van der Waals surface area (Å²) < 4.78 is 34.9. The quantitative estimate of drug-likeness (QED) is 0.706. The summed E-state index contributed by atoms with van der Waals surface area (Å²) in [6.07, 6.45) is 1.30. The topological polar surface area (TPSA) is 0 Å². The molecule has 0 atom stereocenters. The largest absolute Gasteiger partial charge is 0.446 e. The molecule has 4 heteroatoms. The van der Waals surface area contributed by atoms with E-state index in [2.05, 4.69) is 5.41 Å². The number of hydrogen-bond acceptors (Lipinski definition) is 1. The maximum absolute atomic E-state index is 11.6. The van der Waals surface area contributed by atoms with E-state index in [-0.39, 0.29) is 11.8 Å². The van der Waals surface area contributed by atoms with Gasteiger partial charge in [0, 0.05) is 5.41 Å². The van der Waals surface area contributed by atoms with E-state index >= 15 is 0 Å². The zero-order chi connectivity index (χ0) is 9.73. The Balaban J connectivity index is 2.51. The van der Waals surface area contributed by atoms with Crippen molar-refractivity contribution in [1.82, 2.24) is 0 Å². The van der Waals surface area contributed by atoms with Crippen molar-refractivity contribution < 1.29 is 13.2 Å². The van der Waals surface area contributed by atoms with E-state index in [4.69, 9.17) is 0 Å². The van der Waals surface area contributed by atoms with Gasteiger partial charge in [-0.15, -0.1) is 0 Å². The minimum Gasteiger partial charge on any atom is -0.160 e. The highest BCUT2D eigenvalue weighted by Crippen LogP contribution is 2.30. The van der Waals surface area contributed by atoms with Crippen molar-refractivity contribution in [2.45, 2.75) is 5.51 Å². The molecule has 1 aromatic carbocycles. The monoisotopic (exact) mass is 203 g/mol. The lowest BCUT2D eigenvalue weighted by Gasteiger charge is -1.98. The Kier molecular flexibility index (Phi) is 3.42. The Bertz CT molecular complexity index is 277.